The number of pyridine rings is 1. The van der Waals surface area contributed by atoms with Crippen molar-refractivity contribution in [2.75, 3.05) is 5.32 Å². The maximum atomic E-state index is 12.7. The second-order valence-corrected chi connectivity index (χ2v) is 8.20. The Morgan fingerprint density at radius 3 is 2.79 bits per heavy atom. The van der Waals surface area contributed by atoms with Gasteiger partial charge >= 0.3 is 0 Å². The lowest BCUT2D eigenvalue weighted by Gasteiger charge is -2.25. The molecule has 148 valence electrons. The molecule has 8 nitrogen and oxygen atoms in total. The van der Waals surface area contributed by atoms with E-state index in [-0.39, 0.29) is 22.1 Å². The van der Waals surface area contributed by atoms with Crippen molar-refractivity contribution >= 4 is 38.4 Å². The molecular formula is C20H17N3O5S. The van der Waals surface area contributed by atoms with Crippen LogP contribution in [0.15, 0.2) is 59.6 Å². The molecule has 9 heteroatoms. The summed E-state index contributed by atoms with van der Waals surface area (Å²) < 4.78 is 32.9. The lowest BCUT2D eigenvalue weighted by molar-refractivity contribution is -0.123. The molecule has 2 N–H and O–H groups in total. The molecule has 0 aliphatic carbocycles. The molecule has 1 aliphatic rings. The Morgan fingerprint density at radius 1 is 1.21 bits per heavy atom. The lowest BCUT2D eigenvalue weighted by Crippen LogP contribution is -2.36. The number of ether oxygens (including phenoxy) is 1. The number of rotatable bonds is 4. The van der Waals surface area contributed by atoms with Crippen LogP contribution in [0.2, 0.25) is 0 Å². The van der Waals surface area contributed by atoms with Gasteiger partial charge in [0.1, 0.15) is 5.75 Å². The van der Waals surface area contributed by atoms with Crippen molar-refractivity contribution in [1.82, 2.24) is 9.71 Å². The highest BCUT2D eigenvalue weighted by molar-refractivity contribution is 7.90. The number of nitrogens with one attached hydrogen (secondary N) is 2. The summed E-state index contributed by atoms with van der Waals surface area (Å²) in [5, 5.41) is 3.35. The maximum absolute atomic E-state index is 12.7. The predicted molar refractivity (Wildman–Crippen MR) is 106 cm³/mol. The minimum atomic E-state index is -4.17. The summed E-state index contributed by atoms with van der Waals surface area (Å²) >= 11 is 0. The van der Waals surface area contributed by atoms with Crippen LogP contribution < -0.4 is 14.8 Å². The monoisotopic (exact) mass is 411 g/mol. The summed E-state index contributed by atoms with van der Waals surface area (Å²) in [5.41, 5.74) is 1.05. The molecule has 4 rings (SSSR count). The average Bonchev–Trinajstić information content (AvgIpc) is 2.72. The minimum absolute atomic E-state index is 0.118. The van der Waals surface area contributed by atoms with Gasteiger partial charge in [0.2, 0.25) is 0 Å². The quantitative estimate of drug-likeness (QED) is 0.682. The van der Waals surface area contributed by atoms with Crippen LogP contribution in [0.5, 0.6) is 5.75 Å². The molecule has 2 amide bonds. The number of hydrogen-bond acceptors (Lipinski definition) is 6. The summed E-state index contributed by atoms with van der Waals surface area (Å²) in [6, 6.07) is 12.8. The second-order valence-electron chi connectivity index (χ2n) is 6.51. The van der Waals surface area contributed by atoms with Gasteiger partial charge in [-0.25, -0.2) is 13.1 Å². The van der Waals surface area contributed by atoms with Crippen molar-refractivity contribution in [3.05, 3.63) is 60.3 Å². The Balaban J connectivity index is 1.59. The first-order valence-electron chi connectivity index (χ1n) is 8.91. The zero-order valence-electron chi connectivity index (χ0n) is 15.4. The van der Waals surface area contributed by atoms with Crippen LogP contribution in [0.1, 0.15) is 23.7 Å². The molecule has 0 radical (unpaired) electrons. The number of carbonyl (C=O) groups excluding carboxylic acids is 2. The third kappa shape index (κ3) is 3.64. The summed E-state index contributed by atoms with van der Waals surface area (Å²) in [4.78, 5) is 28.4. The zero-order valence-corrected chi connectivity index (χ0v) is 16.2. The molecule has 1 atom stereocenters. The van der Waals surface area contributed by atoms with Gasteiger partial charge in [-0.3, -0.25) is 14.6 Å². The van der Waals surface area contributed by atoms with E-state index in [1.165, 1.54) is 24.4 Å². The summed E-state index contributed by atoms with van der Waals surface area (Å²) in [6.45, 7) is 1.81. The Hall–Kier alpha value is -3.46. The molecule has 1 aliphatic heterocycles. The van der Waals surface area contributed by atoms with Crippen molar-refractivity contribution in [3.63, 3.8) is 0 Å². The van der Waals surface area contributed by atoms with Gasteiger partial charge in [0, 0.05) is 11.6 Å². The highest BCUT2D eigenvalue weighted by Crippen LogP contribution is 2.32. The number of fused-ring (bicyclic) bond motifs is 2. The van der Waals surface area contributed by atoms with Crippen LogP contribution in [0.25, 0.3) is 10.9 Å². The van der Waals surface area contributed by atoms with E-state index in [1.807, 2.05) is 17.7 Å². The van der Waals surface area contributed by atoms with E-state index in [0.29, 0.717) is 17.7 Å². The number of para-hydroxylation sites is 1. The minimum Gasteiger partial charge on any atom is -0.478 e. The van der Waals surface area contributed by atoms with E-state index < -0.39 is 22.0 Å². The largest absolute Gasteiger partial charge is 0.478 e. The molecule has 29 heavy (non-hydrogen) atoms. The highest BCUT2D eigenvalue weighted by atomic mass is 32.2. The fourth-order valence-corrected chi connectivity index (χ4v) is 4.00. The van der Waals surface area contributed by atoms with Crippen LogP contribution >= 0.6 is 0 Å². The third-order valence-electron chi connectivity index (χ3n) is 4.53. The molecule has 1 aromatic heterocycles. The molecule has 0 fully saturated rings. The Labute approximate surface area is 167 Å². The van der Waals surface area contributed by atoms with Crippen molar-refractivity contribution in [2.45, 2.75) is 24.3 Å². The predicted octanol–water partition coefficient (Wildman–Crippen LogP) is 2.46. The summed E-state index contributed by atoms with van der Waals surface area (Å²) in [7, 11) is -4.17. The number of sulfonamides is 1. The van der Waals surface area contributed by atoms with Gasteiger partial charge in [-0.1, -0.05) is 25.1 Å². The van der Waals surface area contributed by atoms with E-state index in [4.69, 9.17) is 4.74 Å². The topological polar surface area (TPSA) is 114 Å². The van der Waals surface area contributed by atoms with Gasteiger partial charge in [-0.05, 0) is 36.8 Å². The molecule has 2 aromatic carbocycles. The van der Waals surface area contributed by atoms with Gasteiger partial charge in [-0.2, -0.15) is 0 Å². The fraction of sp³-hybridized carbons (Fsp3) is 0.150. The van der Waals surface area contributed by atoms with Gasteiger partial charge in [0.25, 0.3) is 21.8 Å². The number of aromatic nitrogens is 1. The zero-order chi connectivity index (χ0) is 20.6. The molecule has 0 saturated carbocycles. The molecule has 0 unspecified atom stereocenters. The van der Waals surface area contributed by atoms with Crippen LogP contribution in [-0.2, 0) is 14.8 Å². The first-order chi connectivity index (χ1) is 13.9. The Morgan fingerprint density at radius 2 is 2.00 bits per heavy atom. The van der Waals surface area contributed by atoms with E-state index >= 15 is 0 Å². The molecule has 0 saturated heterocycles. The van der Waals surface area contributed by atoms with E-state index in [1.54, 1.807) is 24.3 Å². The number of nitrogens with zero attached hydrogens (tertiary/aromatic N) is 1. The highest BCUT2D eigenvalue weighted by Gasteiger charge is 2.28. The van der Waals surface area contributed by atoms with Gasteiger partial charge < -0.3 is 10.1 Å². The summed E-state index contributed by atoms with van der Waals surface area (Å²) in [5.74, 6) is -0.770. The molecule has 2 heterocycles. The average molecular weight is 411 g/mol. The van der Waals surface area contributed by atoms with Crippen LogP contribution in [0.3, 0.4) is 0 Å². The van der Waals surface area contributed by atoms with E-state index in [0.717, 1.165) is 5.39 Å². The van der Waals surface area contributed by atoms with Gasteiger partial charge in [0.05, 0.1) is 21.7 Å². The fourth-order valence-electron chi connectivity index (χ4n) is 3.00. The third-order valence-corrected chi connectivity index (χ3v) is 5.86. The molecule has 0 bridgehead atoms. The maximum Gasteiger partial charge on any atom is 0.266 e. The normalized spacial score (nSPS) is 15.9. The lowest BCUT2D eigenvalue weighted by atomic mass is 10.1. The number of anilines is 1. The number of carbonyl (C=O) groups is 2. The molecule has 3 aromatic rings. The van der Waals surface area contributed by atoms with E-state index in [9.17, 15) is 18.0 Å². The van der Waals surface area contributed by atoms with Gasteiger partial charge in [0.15, 0.2) is 6.10 Å². The van der Waals surface area contributed by atoms with Crippen molar-refractivity contribution in [1.29, 1.82) is 0 Å². The van der Waals surface area contributed by atoms with Crippen molar-refractivity contribution in [3.8, 4) is 5.75 Å². The van der Waals surface area contributed by atoms with Crippen molar-refractivity contribution in [2.24, 2.45) is 0 Å². The first-order valence-corrected chi connectivity index (χ1v) is 10.4. The molecular weight excluding hydrogens is 394 g/mol. The number of amides is 2. The van der Waals surface area contributed by atoms with Crippen LogP contribution in [0, 0.1) is 0 Å². The van der Waals surface area contributed by atoms with E-state index in [2.05, 4.69) is 10.3 Å². The summed E-state index contributed by atoms with van der Waals surface area (Å²) in [6.07, 6.45) is 1.19. The number of benzene rings is 2. The Bertz CT molecular complexity index is 1240. The number of hydrogen-bond donors (Lipinski definition) is 2. The standard InChI is InChI=1S/C20H17N3O5S/c1-2-17-20(25)22-16-10-14(7-8-18(16)28-17)29(26,27)23-19(24)13-9-12-5-3-4-6-15(12)21-11-13/h3-11,17H,2H2,1H3,(H,22,25)(H,23,24)/t17-/m0/s1. The smallest absolute Gasteiger partial charge is 0.266 e. The van der Waals surface area contributed by atoms with Gasteiger partial charge in [-0.15, -0.1) is 0 Å². The van der Waals surface area contributed by atoms with Crippen molar-refractivity contribution < 1.29 is 22.7 Å². The molecule has 0 spiro atoms. The Kier molecular flexibility index (Phi) is 4.67. The first kappa shape index (κ1) is 18.9. The second kappa shape index (κ2) is 7.17. The SMILES string of the molecule is CC[C@@H]1Oc2ccc(S(=O)(=O)NC(=O)c3cnc4ccccc4c3)cc2NC1=O. The van der Waals surface area contributed by atoms with Crippen LogP contribution in [0.4, 0.5) is 5.69 Å². The van der Waals surface area contributed by atoms with Crippen LogP contribution in [-0.4, -0.2) is 31.3 Å².